The van der Waals surface area contributed by atoms with Crippen molar-refractivity contribution in [2.24, 2.45) is 0 Å². The Bertz CT molecular complexity index is 517. The lowest BCUT2D eigenvalue weighted by Gasteiger charge is -2.30. The van der Waals surface area contributed by atoms with Gasteiger partial charge in [-0.15, -0.1) is 0 Å². The van der Waals surface area contributed by atoms with E-state index < -0.39 is 48.6 Å². The number of esters is 2. The van der Waals surface area contributed by atoms with Gasteiger partial charge in [-0.1, -0.05) is 6.58 Å². The maximum absolute atomic E-state index is 13.9. The minimum absolute atomic E-state index is 0.148. The number of hydrogen-bond acceptors (Lipinski definition) is 6. The minimum atomic E-state index is -5.89. The summed E-state index contributed by atoms with van der Waals surface area (Å²) < 4.78 is 78.6. The fourth-order valence-electron chi connectivity index (χ4n) is 1.77. The normalized spacial score (nSPS) is 29.9. The van der Waals surface area contributed by atoms with Crippen molar-refractivity contribution < 1.29 is 50.9 Å². The van der Waals surface area contributed by atoms with E-state index in [-0.39, 0.29) is 5.57 Å². The molecule has 0 spiro atoms. The predicted molar refractivity (Wildman–Crippen MR) is 62.2 cm³/mol. The van der Waals surface area contributed by atoms with E-state index in [1.165, 1.54) is 6.92 Å². The molecular weight excluding hydrogens is 335 g/mol. The van der Waals surface area contributed by atoms with Crippen LogP contribution >= 0.6 is 0 Å². The van der Waals surface area contributed by atoms with Gasteiger partial charge in [-0.3, -0.25) is 4.79 Å². The average Bonchev–Trinajstić information content (AvgIpc) is 2.56. The monoisotopic (exact) mass is 348 g/mol. The second-order valence-electron chi connectivity index (χ2n) is 4.83. The molecule has 0 aromatic carbocycles. The van der Waals surface area contributed by atoms with Crippen molar-refractivity contribution in [3.05, 3.63) is 12.2 Å². The zero-order valence-corrected chi connectivity index (χ0v) is 11.9. The van der Waals surface area contributed by atoms with Gasteiger partial charge in [0, 0.05) is 12.5 Å². The summed E-state index contributed by atoms with van der Waals surface area (Å²) in [5, 5.41) is 9.24. The van der Waals surface area contributed by atoms with E-state index in [2.05, 4.69) is 20.8 Å². The molecule has 1 N–H and O–H groups in total. The molecule has 1 heterocycles. The number of aliphatic hydroxyl groups is 1. The summed E-state index contributed by atoms with van der Waals surface area (Å²) >= 11 is 0. The summed E-state index contributed by atoms with van der Waals surface area (Å²) in [7, 11) is 0. The largest absolute Gasteiger partial charge is 0.459 e. The van der Waals surface area contributed by atoms with Gasteiger partial charge in [0.25, 0.3) is 0 Å². The quantitative estimate of drug-likeness (QED) is 0.469. The smallest absolute Gasteiger partial charge is 0.449 e. The summed E-state index contributed by atoms with van der Waals surface area (Å²) in [5.74, 6) is -12.3. The van der Waals surface area contributed by atoms with Crippen LogP contribution in [0.5, 0.6) is 0 Å². The van der Waals surface area contributed by atoms with Crippen LogP contribution in [0.1, 0.15) is 13.8 Å². The van der Waals surface area contributed by atoms with Crippen LogP contribution in [0.25, 0.3) is 0 Å². The molecule has 1 aliphatic rings. The van der Waals surface area contributed by atoms with Crippen LogP contribution in [0.4, 0.5) is 22.0 Å². The second-order valence-corrected chi connectivity index (χ2v) is 4.83. The summed E-state index contributed by atoms with van der Waals surface area (Å²) in [5.41, 5.74) is -0.148. The molecule has 11 heteroatoms. The molecule has 1 rings (SSSR count). The standard InChI is InChI=1S/C12H13F5O6/c1-5(2)9(19)21-4-7-8(22-6(3)18)10(13,14)11(20,23-7)12(15,16)17/h7-8,20H,1,4H2,2-3H3. The lowest BCUT2D eigenvalue weighted by atomic mass is 10.0. The molecule has 3 unspecified atom stereocenters. The van der Waals surface area contributed by atoms with Crippen LogP contribution in [0.15, 0.2) is 12.2 Å². The molecular formula is C12H13F5O6. The summed E-state index contributed by atoms with van der Waals surface area (Å²) in [6, 6.07) is 0. The SMILES string of the molecule is C=C(C)C(=O)OCC1OC(O)(C(F)(F)F)C(F)(F)C1OC(C)=O. The van der Waals surface area contributed by atoms with E-state index >= 15 is 0 Å². The van der Waals surface area contributed by atoms with Crippen LogP contribution < -0.4 is 0 Å². The number of rotatable bonds is 4. The Morgan fingerprint density at radius 2 is 1.83 bits per heavy atom. The van der Waals surface area contributed by atoms with Crippen molar-refractivity contribution in [2.75, 3.05) is 6.61 Å². The highest BCUT2D eigenvalue weighted by Crippen LogP contribution is 2.52. The van der Waals surface area contributed by atoms with Crippen molar-refractivity contribution in [2.45, 2.75) is 43.9 Å². The predicted octanol–water partition coefficient (Wildman–Crippen LogP) is 1.32. The zero-order chi connectivity index (χ0) is 18.2. The molecule has 132 valence electrons. The maximum atomic E-state index is 13.9. The lowest BCUT2D eigenvalue weighted by Crippen LogP contribution is -2.59. The Hall–Kier alpha value is -1.75. The van der Waals surface area contributed by atoms with Gasteiger partial charge in [-0.05, 0) is 6.92 Å². The lowest BCUT2D eigenvalue weighted by molar-refractivity contribution is -0.409. The molecule has 6 nitrogen and oxygen atoms in total. The highest BCUT2D eigenvalue weighted by atomic mass is 19.4. The molecule has 0 radical (unpaired) electrons. The van der Waals surface area contributed by atoms with Gasteiger partial charge in [-0.2, -0.15) is 22.0 Å². The summed E-state index contributed by atoms with van der Waals surface area (Å²) in [6.07, 6.45) is -10.9. The van der Waals surface area contributed by atoms with Gasteiger partial charge >= 0.3 is 29.8 Å². The van der Waals surface area contributed by atoms with E-state index in [0.29, 0.717) is 6.92 Å². The Morgan fingerprint density at radius 3 is 2.22 bits per heavy atom. The van der Waals surface area contributed by atoms with Gasteiger partial charge in [-0.25, -0.2) is 4.79 Å². The first kappa shape index (κ1) is 19.3. The second kappa shape index (κ2) is 6.04. The van der Waals surface area contributed by atoms with E-state index in [1.807, 2.05) is 0 Å². The topological polar surface area (TPSA) is 82.1 Å². The third kappa shape index (κ3) is 3.44. The molecule has 0 saturated carbocycles. The molecule has 1 saturated heterocycles. The van der Waals surface area contributed by atoms with Gasteiger partial charge in [0.1, 0.15) is 12.7 Å². The number of halogens is 5. The van der Waals surface area contributed by atoms with E-state index in [9.17, 15) is 36.6 Å². The molecule has 23 heavy (non-hydrogen) atoms. The molecule has 1 fully saturated rings. The first-order valence-corrected chi connectivity index (χ1v) is 6.08. The first-order chi connectivity index (χ1) is 10.2. The molecule has 0 amide bonds. The number of ether oxygens (including phenoxy) is 3. The highest BCUT2D eigenvalue weighted by Gasteiger charge is 2.81. The van der Waals surface area contributed by atoms with Gasteiger partial charge in [0.15, 0.2) is 0 Å². The molecule has 0 aromatic rings. The molecule has 0 aliphatic carbocycles. The van der Waals surface area contributed by atoms with Crippen LogP contribution in [-0.2, 0) is 23.8 Å². The van der Waals surface area contributed by atoms with Gasteiger partial charge < -0.3 is 19.3 Å². The molecule has 1 aliphatic heterocycles. The van der Waals surface area contributed by atoms with Crippen molar-refractivity contribution >= 4 is 11.9 Å². The fourth-order valence-corrected chi connectivity index (χ4v) is 1.77. The summed E-state index contributed by atoms with van der Waals surface area (Å²) in [4.78, 5) is 22.0. The molecule has 3 atom stereocenters. The van der Waals surface area contributed by atoms with Crippen LogP contribution in [0, 0.1) is 0 Å². The maximum Gasteiger partial charge on any atom is 0.449 e. The average molecular weight is 348 g/mol. The van der Waals surface area contributed by atoms with Gasteiger partial charge in [0.05, 0.1) is 0 Å². The number of alkyl halides is 5. The van der Waals surface area contributed by atoms with Crippen molar-refractivity contribution in [1.82, 2.24) is 0 Å². The third-order valence-corrected chi connectivity index (χ3v) is 2.87. The Morgan fingerprint density at radius 1 is 1.30 bits per heavy atom. The fraction of sp³-hybridized carbons (Fsp3) is 0.667. The number of hydrogen-bond donors (Lipinski definition) is 1. The third-order valence-electron chi connectivity index (χ3n) is 2.87. The Kier molecular flexibility index (Phi) is 5.07. The van der Waals surface area contributed by atoms with Crippen molar-refractivity contribution in [1.29, 1.82) is 0 Å². The van der Waals surface area contributed by atoms with Crippen LogP contribution in [0.3, 0.4) is 0 Å². The highest BCUT2D eigenvalue weighted by molar-refractivity contribution is 5.86. The first-order valence-electron chi connectivity index (χ1n) is 6.08. The van der Waals surface area contributed by atoms with Crippen molar-refractivity contribution in [3.8, 4) is 0 Å². The Balaban J connectivity index is 3.11. The zero-order valence-electron chi connectivity index (χ0n) is 11.9. The van der Waals surface area contributed by atoms with E-state index in [0.717, 1.165) is 0 Å². The minimum Gasteiger partial charge on any atom is -0.459 e. The van der Waals surface area contributed by atoms with Crippen LogP contribution in [-0.4, -0.2) is 53.7 Å². The molecule has 0 bridgehead atoms. The van der Waals surface area contributed by atoms with Crippen LogP contribution in [0.2, 0.25) is 0 Å². The van der Waals surface area contributed by atoms with E-state index in [4.69, 9.17) is 0 Å². The molecule has 0 aromatic heterocycles. The number of carbonyl (C=O) groups excluding carboxylic acids is 2. The Labute approximate surface area is 126 Å². The number of carbonyl (C=O) groups is 2. The van der Waals surface area contributed by atoms with E-state index in [1.54, 1.807) is 0 Å². The van der Waals surface area contributed by atoms with Gasteiger partial charge in [0.2, 0.25) is 6.10 Å². The van der Waals surface area contributed by atoms with Crippen molar-refractivity contribution in [3.63, 3.8) is 0 Å². The summed E-state index contributed by atoms with van der Waals surface area (Å²) in [6.45, 7) is 3.96.